The molecule has 0 aliphatic carbocycles. The van der Waals surface area contributed by atoms with Gasteiger partial charge >= 0.3 is 0 Å². The zero-order valence-corrected chi connectivity index (χ0v) is 20.2. The highest BCUT2D eigenvalue weighted by atomic mass is 16.1. The Morgan fingerprint density at radius 3 is 1.72 bits per heavy atom. The van der Waals surface area contributed by atoms with Crippen LogP contribution in [0.2, 0.25) is 0 Å². The number of amides is 1. The molecule has 0 aliphatic rings. The third-order valence-electron chi connectivity index (χ3n) is 5.15. The minimum Gasteiger partial charge on any atom is -0.351 e. The Balaban J connectivity index is 4.11. The van der Waals surface area contributed by atoms with Gasteiger partial charge in [0.15, 0.2) is 0 Å². The lowest BCUT2D eigenvalue weighted by Gasteiger charge is -2.17. The lowest BCUT2D eigenvalue weighted by molar-refractivity contribution is -0.116. The maximum atomic E-state index is 12.0. The van der Waals surface area contributed by atoms with Gasteiger partial charge in [0.25, 0.3) is 0 Å². The van der Waals surface area contributed by atoms with Crippen LogP contribution in [0.4, 0.5) is 0 Å². The van der Waals surface area contributed by atoms with Crippen LogP contribution in [0.25, 0.3) is 0 Å². The van der Waals surface area contributed by atoms with Crippen LogP contribution in [-0.2, 0) is 4.79 Å². The van der Waals surface area contributed by atoms with E-state index >= 15 is 0 Å². The largest absolute Gasteiger partial charge is 0.351 e. The molecule has 0 saturated heterocycles. The molecule has 1 amide bonds. The molecular formula is C26H46N2O. The molecule has 0 aromatic rings. The summed E-state index contributed by atoms with van der Waals surface area (Å²) in [7, 11) is 0. The molecule has 0 saturated carbocycles. The smallest absolute Gasteiger partial charge is 0.243 e. The minimum atomic E-state index is 0.0316. The zero-order chi connectivity index (χ0) is 22.1. The molecule has 0 spiro atoms. The van der Waals surface area contributed by atoms with E-state index in [-0.39, 0.29) is 5.91 Å². The predicted octanol–water partition coefficient (Wildman–Crippen LogP) is 6.59. The number of carbonyl (C=O) groups excluding carboxylic acids is 1. The Bertz CT molecular complexity index is 574. The lowest BCUT2D eigenvalue weighted by atomic mass is 10.0. The van der Waals surface area contributed by atoms with Gasteiger partial charge in [0, 0.05) is 19.2 Å². The summed E-state index contributed by atoms with van der Waals surface area (Å²) >= 11 is 0. The lowest BCUT2D eigenvalue weighted by Crippen LogP contribution is -2.34. The molecule has 0 atom stereocenters. The summed E-state index contributed by atoms with van der Waals surface area (Å²) in [5.41, 5.74) is 5.47. The predicted molar refractivity (Wildman–Crippen MR) is 129 cm³/mol. The first-order valence-electron chi connectivity index (χ1n) is 11.4. The van der Waals surface area contributed by atoms with Crippen LogP contribution in [0.3, 0.4) is 0 Å². The van der Waals surface area contributed by atoms with E-state index < -0.39 is 0 Å². The van der Waals surface area contributed by atoms with Crippen LogP contribution in [0.1, 0.15) is 87.0 Å². The van der Waals surface area contributed by atoms with Gasteiger partial charge in [0.1, 0.15) is 0 Å². The summed E-state index contributed by atoms with van der Waals surface area (Å²) in [5, 5.41) is 2.99. The Morgan fingerprint density at radius 2 is 1.24 bits per heavy atom. The van der Waals surface area contributed by atoms with Crippen molar-refractivity contribution in [3.8, 4) is 0 Å². The molecule has 166 valence electrons. The van der Waals surface area contributed by atoms with Crippen LogP contribution in [-0.4, -0.2) is 37.0 Å². The quantitative estimate of drug-likeness (QED) is 0.247. The van der Waals surface area contributed by atoms with Gasteiger partial charge in [-0.05, 0) is 86.2 Å². The van der Waals surface area contributed by atoms with Gasteiger partial charge in [0.05, 0.1) is 0 Å². The molecule has 0 radical (unpaired) electrons. The van der Waals surface area contributed by atoms with E-state index in [0.717, 1.165) is 63.7 Å². The Hall–Kier alpha value is -1.61. The Labute approximate surface area is 181 Å². The van der Waals surface area contributed by atoms with Crippen LogP contribution in [0, 0.1) is 0 Å². The number of hydrogen-bond donors (Lipinski definition) is 1. The molecule has 3 heteroatoms. The molecule has 29 heavy (non-hydrogen) atoms. The molecule has 0 fully saturated rings. The van der Waals surface area contributed by atoms with Crippen molar-refractivity contribution >= 4 is 5.91 Å². The fourth-order valence-electron chi connectivity index (χ4n) is 3.11. The molecule has 3 nitrogen and oxygen atoms in total. The summed E-state index contributed by atoms with van der Waals surface area (Å²) in [5.74, 6) is 0.0316. The summed E-state index contributed by atoms with van der Waals surface area (Å²) in [6, 6.07) is 0. The number of hydrogen-bond acceptors (Lipinski definition) is 2. The first-order valence-corrected chi connectivity index (χ1v) is 11.4. The van der Waals surface area contributed by atoms with Crippen LogP contribution in [0.15, 0.2) is 46.6 Å². The fraction of sp³-hybridized carbons (Fsp3) is 0.654. The van der Waals surface area contributed by atoms with Gasteiger partial charge in [-0.15, -0.1) is 0 Å². The highest BCUT2D eigenvalue weighted by molar-refractivity contribution is 5.88. The van der Waals surface area contributed by atoms with E-state index in [4.69, 9.17) is 0 Å². The fourth-order valence-corrected chi connectivity index (χ4v) is 3.11. The first kappa shape index (κ1) is 27.4. The summed E-state index contributed by atoms with van der Waals surface area (Å²) in [6.07, 6.45) is 15.3. The van der Waals surface area contributed by atoms with Crippen molar-refractivity contribution in [3.63, 3.8) is 0 Å². The molecular weight excluding hydrogens is 356 g/mol. The van der Waals surface area contributed by atoms with Gasteiger partial charge in [0.2, 0.25) is 5.91 Å². The second-order valence-electron chi connectivity index (χ2n) is 8.31. The van der Waals surface area contributed by atoms with E-state index in [9.17, 15) is 4.79 Å². The maximum absolute atomic E-state index is 12.0. The number of nitrogens with one attached hydrogen (secondary N) is 1. The highest BCUT2D eigenvalue weighted by Crippen LogP contribution is 2.13. The molecule has 0 aromatic heterocycles. The Morgan fingerprint density at radius 1 is 0.759 bits per heavy atom. The van der Waals surface area contributed by atoms with E-state index in [1.807, 2.05) is 6.92 Å². The van der Waals surface area contributed by atoms with Gasteiger partial charge in [-0.2, -0.15) is 0 Å². The molecule has 0 aromatic carbocycles. The number of carbonyl (C=O) groups is 1. The monoisotopic (exact) mass is 402 g/mol. The molecule has 1 N–H and O–H groups in total. The van der Waals surface area contributed by atoms with Gasteiger partial charge in [-0.1, -0.05) is 54.4 Å². The van der Waals surface area contributed by atoms with Crippen molar-refractivity contribution in [2.45, 2.75) is 87.0 Å². The molecule has 0 bridgehead atoms. The summed E-state index contributed by atoms with van der Waals surface area (Å²) in [6.45, 7) is 18.8. The van der Waals surface area contributed by atoms with Crippen LogP contribution < -0.4 is 5.32 Å². The number of rotatable bonds is 15. The van der Waals surface area contributed by atoms with E-state index in [0.29, 0.717) is 6.54 Å². The van der Waals surface area contributed by atoms with Gasteiger partial charge in [-0.25, -0.2) is 0 Å². The molecule has 0 unspecified atom stereocenters. The van der Waals surface area contributed by atoms with Crippen molar-refractivity contribution in [1.82, 2.24) is 10.2 Å². The van der Waals surface area contributed by atoms with Crippen LogP contribution in [0.5, 0.6) is 0 Å². The summed E-state index contributed by atoms with van der Waals surface area (Å²) in [4.78, 5) is 14.3. The standard InChI is InChI=1S/C26H46N2O/c1-8-28(9-2)20-19-27-26(29)21-25(7)18-12-17-24(6)16-11-15-23(5)14-10-13-22(3)4/h13,15,17,21H,8-12,14,16,18-20H2,1-7H3,(H,27,29)/b23-15+,24-17+,25-21+. The van der Waals surface area contributed by atoms with Crippen molar-refractivity contribution in [1.29, 1.82) is 0 Å². The normalized spacial score (nSPS) is 13.0. The van der Waals surface area contributed by atoms with E-state index in [1.54, 1.807) is 6.08 Å². The maximum Gasteiger partial charge on any atom is 0.243 e. The van der Waals surface area contributed by atoms with Crippen molar-refractivity contribution in [2.24, 2.45) is 0 Å². The number of likely N-dealkylation sites (N-methyl/N-ethyl adjacent to an activating group) is 1. The van der Waals surface area contributed by atoms with Crippen LogP contribution >= 0.6 is 0 Å². The second-order valence-corrected chi connectivity index (χ2v) is 8.31. The minimum absolute atomic E-state index is 0.0316. The Kier molecular flexibility index (Phi) is 16.3. The van der Waals surface area contributed by atoms with Crippen molar-refractivity contribution in [3.05, 3.63) is 46.6 Å². The third kappa shape index (κ3) is 17.0. The number of nitrogens with zero attached hydrogens (tertiary/aromatic N) is 1. The summed E-state index contributed by atoms with van der Waals surface area (Å²) < 4.78 is 0. The zero-order valence-electron chi connectivity index (χ0n) is 20.2. The second kappa shape index (κ2) is 17.3. The van der Waals surface area contributed by atoms with Gasteiger partial charge < -0.3 is 10.2 Å². The average Bonchev–Trinajstić information content (AvgIpc) is 2.65. The van der Waals surface area contributed by atoms with Crippen molar-refractivity contribution < 1.29 is 4.79 Å². The molecule has 0 heterocycles. The molecule has 0 aliphatic heterocycles. The van der Waals surface area contributed by atoms with Crippen molar-refractivity contribution in [2.75, 3.05) is 26.2 Å². The van der Waals surface area contributed by atoms with Gasteiger partial charge in [-0.3, -0.25) is 4.79 Å². The number of allylic oxidation sites excluding steroid dienone is 7. The topological polar surface area (TPSA) is 32.3 Å². The molecule has 0 rings (SSSR count). The first-order chi connectivity index (χ1) is 13.8. The van der Waals surface area contributed by atoms with E-state index in [1.165, 1.54) is 16.7 Å². The van der Waals surface area contributed by atoms with E-state index in [2.05, 4.69) is 70.0 Å². The third-order valence-corrected chi connectivity index (χ3v) is 5.15. The SMILES string of the molecule is CCN(CC)CCNC(=O)/C=C(\C)CC/C=C(\C)CC/C=C(\C)CCC=C(C)C. The highest BCUT2D eigenvalue weighted by Gasteiger charge is 2.01. The average molecular weight is 403 g/mol.